The lowest BCUT2D eigenvalue weighted by Crippen LogP contribution is -2.35. The molecule has 1 aromatic carbocycles. The quantitative estimate of drug-likeness (QED) is 0.429. The highest BCUT2D eigenvalue weighted by Gasteiger charge is 2.34. The molecule has 0 radical (unpaired) electrons. The van der Waals surface area contributed by atoms with Crippen LogP contribution in [0.3, 0.4) is 0 Å². The van der Waals surface area contributed by atoms with Crippen molar-refractivity contribution in [3.63, 3.8) is 0 Å². The van der Waals surface area contributed by atoms with Crippen molar-refractivity contribution in [2.24, 2.45) is 0 Å². The summed E-state index contributed by atoms with van der Waals surface area (Å²) in [4.78, 5) is 2.44. The van der Waals surface area contributed by atoms with Crippen LogP contribution in [0.15, 0.2) is 18.2 Å². The standard InChI is InChI=1S/C21H35NO4/c1-16(22(18-8-9-18)15-26-21(2,3)4)17-12-19(24-6)14-20(13-17)25-11-7-10-23-5/h12-14,16,18H,7-11,15H2,1-6H3. The van der Waals surface area contributed by atoms with Crippen LogP contribution in [0, 0.1) is 0 Å². The molecule has 1 aliphatic rings. The maximum absolute atomic E-state index is 6.06. The Morgan fingerprint density at radius 3 is 2.35 bits per heavy atom. The zero-order chi connectivity index (χ0) is 19.2. The lowest BCUT2D eigenvalue weighted by molar-refractivity contribution is -0.0778. The molecule has 0 saturated heterocycles. The Balaban J connectivity index is 2.10. The molecule has 26 heavy (non-hydrogen) atoms. The molecule has 5 heteroatoms. The third-order valence-corrected chi connectivity index (χ3v) is 4.54. The van der Waals surface area contributed by atoms with E-state index in [1.165, 1.54) is 18.4 Å². The first-order valence-electron chi connectivity index (χ1n) is 9.54. The van der Waals surface area contributed by atoms with Crippen LogP contribution in [0.2, 0.25) is 0 Å². The number of methoxy groups -OCH3 is 2. The second kappa shape index (κ2) is 9.58. The Morgan fingerprint density at radius 2 is 1.77 bits per heavy atom. The largest absolute Gasteiger partial charge is 0.497 e. The summed E-state index contributed by atoms with van der Waals surface area (Å²) in [5, 5.41) is 0. The van der Waals surface area contributed by atoms with E-state index in [9.17, 15) is 0 Å². The summed E-state index contributed by atoms with van der Waals surface area (Å²) in [5.74, 6) is 1.67. The van der Waals surface area contributed by atoms with Gasteiger partial charge in [-0.1, -0.05) is 0 Å². The van der Waals surface area contributed by atoms with Crippen LogP contribution >= 0.6 is 0 Å². The average molecular weight is 366 g/mol. The first kappa shape index (κ1) is 21.0. The third-order valence-electron chi connectivity index (χ3n) is 4.54. The predicted octanol–water partition coefficient (Wildman–Crippen LogP) is 4.41. The summed E-state index contributed by atoms with van der Waals surface area (Å²) in [7, 11) is 3.40. The maximum atomic E-state index is 6.06. The van der Waals surface area contributed by atoms with E-state index in [0.717, 1.165) is 17.9 Å². The molecule has 0 amide bonds. The third kappa shape index (κ3) is 6.78. The van der Waals surface area contributed by atoms with Gasteiger partial charge in [0.15, 0.2) is 0 Å². The van der Waals surface area contributed by atoms with Crippen molar-refractivity contribution in [3.8, 4) is 11.5 Å². The molecule has 148 valence electrons. The molecule has 1 fully saturated rings. The van der Waals surface area contributed by atoms with Crippen molar-refractivity contribution < 1.29 is 18.9 Å². The molecule has 0 heterocycles. The summed E-state index contributed by atoms with van der Waals surface area (Å²) in [5.41, 5.74) is 1.05. The lowest BCUT2D eigenvalue weighted by atomic mass is 10.1. The molecule has 0 aromatic heterocycles. The number of hydrogen-bond acceptors (Lipinski definition) is 5. The van der Waals surface area contributed by atoms with Crippen LogP contribution in [0.4, 0.5) is 0 Å². The molecular weight excluding hydrogens is 330 g/mol. The molecule has 0 aliphatic heterocycles. The number of ether oxygens (including phenoxy) is 4. The SMILES string of the molecule is COCCCOc1cc(OC)cc(C(C)N(COC(C)(C)C)C2CC2)c1. The molecule has 1 atom stereocenters. The average Bonchev–Trinajstić information content (AvgIpc) is 3.42. The van der Waals surface area contributed by atoms with E-state index in [-0.39, 0.29) is 11.6 Å². The van der Waals surface area contributed by atoms with E-state index in [2.05, 4.69) is 44.7 Å². The van der Waals surface area contributed by atoms with Crippen molar-refractivity contribution >= 4 is 0 Å². The Labute approximate surface area is 158 Å². The Morgan fingerprint density at radius 1 is 1.08 bits per heavy atom. The highest BCUT2D eigenvalue weighted by atomic mass is 16.5. The van der Waals surface area contributed by atoms with E-state index >= 15 is 0 Å². The van der Waals surface area contributed by atoms with Gasteiger partial charge in [0.2, 0.25) is 0 Å². The van der Waals surface area contributed by atoms with E-state index in [1.54, 1.807) is 14.2 Å². The Hall–Kier alpha value is -1.30. The Bertz CT molecular complexity index is 551. The van der Waals surface area contributed by atoms with Crippen LogP contribution in [0.25, 0.3) is 0 Å². The van der Waals surface area contributed by atoms with E-state index in [4.69, 9.17) is 18.9 Å². The summed E-state index contributed by atoms with van der Waals surface area (Å²) in [6.45, 7) is 10.5. The molecule has 5 nitrogen and oxygen atoms in total. The van der Waals surface area contributed by atoms with Crippen LogP contribution < -0.4 is 9.47 Å². The number of rotatable bonds is 11. The molecule has 1 aliphatic carbocycles. The summed E-state index contributed by atoms with van der Waals surface area (Å²) < 4.78 is 22.5. The van der Waals surface area contributed by atoms with Gasteiger partial charge in [0.05, 0.1) is 19.3 Å². The zero-order valence-corrected chi connectivity index (χ0v) is 17.2. The molecule has 0 spiro atoms. The smallest absolute Gasteiger partial charge is 0.123 e. The fraction of sp³-hybridized carbons (Fsp3) is 0.714. The van der Waals surface area contributed by atoms with Gasteiger partial charge in [-0.15, -0.1) is 0 Å². The second-order valence-electron chi connectivity index (χ2n) is 7.94. The number of benzene rings is 1. The minimum atomic E-state index is -0.142. The first-order chi connectivity index (χ1) is 12.3. The monoisotopic (exact) mass is 365 g/mol. The van der Waals surface area contributed by atoms with Crippen molar-refractivity contribution in [1.29, 1.82) is 0 Å². The molecule has 0 bridgehead atoms. The van der Waals surface area contributed by atoms with Gasteiger partial charge in [-0.05, 0) is 58.2 Å². The van der Waals surface area contributed by atoms with Crippen LogP contribution in [-0.4, -0.2) is 50.7 Å². The van der Waals surface area contributed by atoms with Gasteiger partial charge in [0, 0.05) is 38.3 Å². The molecule has 1 saturated carbocycles. The van der Waals surface area contributed by atoms with Gasteiger partial charge < -0.3 is 18.9 Å². The summed E-state index contributed by atoms with van der Waals surface area (Å²) >= 11 is 0. The number of hydrogen-bond donors (Lipinski definition) is 0. The van der Waals surface area contributed by atoms with Gasteiger partial charge in [-0.3, -0.25) is 4.90 Å². The van der Waals surface area contributed by atoms with E-state index in [1.807, 2.05) is 6.07 Å². The van der Waals surface area contributed by atoms with Gasteiger partial charge in [-0.25, -0.2) is 0 Å². The fourth-order valence-electron chi connectivity index (χ4n) is 2.83. The minimum Gasteiger partial charge on any atom is -0.497 e. The molecule has 2 rings (SSSR count). The van der Waals surface area contributed by atoms with Crippen molar-refractivity contribution in [3.05, 3.63) is 23.8 Å². The maximum Gasteiger partial charge on any atom is 0.123 e. The van der Waals surface area contributed by atoms with Crippen molar-refractivity contribution in [2.75, 3.05) is 34.2 Å². The highest BCUT2D eigenvalue weighted by Crippen LogP contribution is 2.37. The van der Waals surface area contributed by atoms with Crippen LogP contribution in [0.5, 0.6) is 11.5 Å². The van der Waals surface area contributed by atoms with Gasteiger partial charge in [0.25, 0.3) is 0 Å². The Kier molecular flexibility index (Phi) is 7.74. The molecule has 1 unspecified atom stereocenters. The summed E-state index contributed by atoms with van der Waals surface area (Å²) in [6, 6.07) is 6.99. The minimum absolute atomic E-state index is 0.142. The fourth-order valence-corrected chi connectivity index (χ4v) is 2.83. The highest BCUT2D eigenvalue weighted by molar-refractivity contribution is 5.39. The normalized spacial score (nSPS) is 16.0. The summed E-state index contributed by atoms with van der Waals surface area (Å²) in [6.07, 6.45) is 3.34. The zero-order valence-electron chi connectivity index (χ0n) is 17.2. The van der Waals surface area contributed by atoms with Crippen molar-refractivity contribution in [1.82, 2.24) is 4.90 Å². The second-order valence-corrected chi connectivity index (χ2v) is 7.94. The molecule has 1 aromatic rings. The number of nitrogens with zero attached hydrogens (tertiary/aromatic N) is 1. The van der Waals surface area contributed by atoms with Crippen LogP contribution in [-0.2, 0) is 9.47 Å². The first-order valence-corrected chi connectivity index (χ1v) is 9.54. The predicted molar refractivity (Wildman–Crippen MR) is 104 cm³/mol. The topological polar surface area (TPSA) is 40.2 Å². The van der Waals surface area contributed by atoms with Gasteiger partial charge in [0.1, 0.15) is 18.2 Å². The molecule has 0 N–H and O–H groups in total. The molecular formula is C21H35NO4. The van der Waals surface area contributed by atoms with Gasteiger partial charge >= 0.3 is 0 Å². The van der Waals surface area contributed by atoms with Crippen LogP contribution in [0.1, 0.15) is 58.6 Å². The van der Waals surface area contributed by atoms with E-state index < -0.39 is 0 Å². The lowest BCUT2D eigenvalue weighted by Gasteiger charge is -2.32. The van der Waals surface area contributed by atoms with E-state index in [0.29, 0.717) is 26.0 Å². The van der Waals surface area contributed by atoms with Gasteiger partial charge in [-0.2, -0.15) is 0 Å². The van der Waals surface area contributed by atoms with Crippen molar-refractivity contribution in [2.45, 2.75) is 64.6 Å².